The Hall–Kier alpha value is -3.98. The third-order valence-corrected chi connectivity index (χ3v) is 9.65. The van der Waals surface area contributed by atoms with Gasteiger partial charge in [0.05, 0.1) is 11.3 Å². The van der Waals surface area contributed by atoms with E-state index in [4.69, 9.17) is 0 Å². The third-order valence-electron chi connectivity index (χ3n) is 7.52. The molecule has 0 radical (unpaired) electrons. The molecule has 3 aromatic carbocycles. The molecule has 2 amide bonds. The number of fused-ring (bicyclic) bond motifs is 1. The van der Waals surface area contributed by atoms with Gasteiger partial charge in [0, 0.05) is 40.5 Å². The molecule has 9 heteroatoms. The largest absolute Gasteiger partial charge is 0.332 e. The average molecular weight is 548 g/mol. The number of nitrogens with zero attached hydrogens (tertiary/aromatic N) is 1. The van der Waals surface area contributed by atoms with Crippen molar-refractivity contribution in [1.82, 2.24) is 4.57 Å². The van der Waals surface area contributed by atoms with Crippen LogP contribution in [0.1, 0.15) is 48.2 Å². The number of amides is 2. The molecule has 2 N–H and O–H groups in total. The molecular weight excluding hydrogens is 517 g/mol. The minimum Gasteiger partial charge on any atom is -0.332 e. The molecule has 1 aliphatic carbocycles. The normalized spacial score (nSPS) is 14.8. The van der Waals surface area contributed by atoms with Crippen LogP contribution in [0.15, 0.2) is 78.9 Å². The van der Waals surface area contributed by atoms with Crippen LogP contribution in [-0.2, 0) is 21.2 Å². The molecule has 39 heavy (non-hydrogen) atoms. The molecular formula is C30H30FN3O4S. The number of carbonyl (C=O) groups excluding carboxylic acids is 2. The van der Waals surface area contributed by atoms with E-state index in [1.54, 1.807) is 59.2 Å². The first-order valence-corrected chi connectivity index (χ1v) is 14.8. The summed E-state index contributed by atoms with van der Waals surface area (Å²) < 4.78 is 40.2. The number of rotatable bonds is 8. The Labute approximate surface area is 227 Å². The van der Waals surface area contributed by atoms with E-state index in [1.165, 1.54) is 12.3 Å². The van der Waals surface area contributed by atoms with Gasteiger partial charge in [-0.15, -0.1) is 0 Å². The van der Waals surface area contributed by atoms with Crippen molar-refractivity contribution in [3.05, 3.63) is 95.9 Å². The van der Waals surface area contributed by atoms with Crippen molar-refractivity contribution < 1.29 is 22.4 Å². The van der Waals surface area contributed by atoms with Crippen LogP contribution < -0.4 is 10.6 Å². The summed E-state index contributed by atoms with van der Waals surface area (Å²) in [6, 6.07) is 22.4. The zero-order valence-corrected chi connectivity index (χ0v) is 22.4. The number of para-hydroxylation sites is 1. The van der Waals surface area contributed by atoms with Gasteiger partial charge in [0.15, 0.2) is 9.84 Å². The Morgan fingerprint density at radius 1 is 0.897 bits per heavy atom. The lowest BCUT2D eigenvalue weighted by Crippen LogP contribution is -2.38. The monoisotopic (exact) mass is 547 g/mol. The molecule has 0 spiro atoms. The predicted molar refractivity (Wildman–Crippen MR) is 151 cm³/mol. The summed E-state index contributed by atoms with van der Waals surface area (Å²) in [4.78, 5) is 26.2. The maximum atomic E-state index is 14.5. The fourth-order valence-corrected chi connectivity index (χ4v) is 6.84. The summed E-state index contributed by atoms with van der Waals surface area (Å²) >= 11 is 0. The Kier molecular flexibility index (Phi) is 7.27. The predicted octanol–water partition coefficient (Wildman–Crippen LogP) is 5.77. The van der Waals surface area contributed by atoms with Gasteiger partial charge < -0.3 is 15.2 Å². The molecule has 1 aliphatic rings. The third kappa shape index (κ3) is 5.59. The number of hydrogen-bond donors (Lipinski definition) is 2. The average Bonchev–Trinajstić information content (AvgIpc) is 3.51. The van der Waals surface area contributed by atoms with Crippen LogP contribution in [0.5, 0.6) is 0 Å². The molecule has 0 unspecified atom stereocenters. The van der Waals surface area contributed by atoms with E-state index in [0.29, 0.717) is 46.4 Å². The number of anilines is 2. The number of halogens is 1. The molecule has 0 bridgehead atoms. The second-order valence-corrected chi connectivity index (χ2v) is 12.6. The lowest BCUT2D eigenvalue weighted by atomic mass is 10.0. The maximum absolute atomic E-state index is 14.5. The number of sulfone groups is 1. The van der Waals surface area contributed by atoms with Crippen LogP contribution in [0.2, 0.25) is 0 Å². The summed E-state index contributed by atoms with van der Waals surface area (Å²) in [7, 11) is -3.40. The Balaban J connectivity index is 1.46. The molecule has 0 saturated heterocycles. The van der Waals surface area contributed by atoms with Crippen molar-refractivity contribution in [2.45, 2.75) is 43.4 Å². The van der Waals surface area contributed by atoms with Gasteiger partial charge in [0.2, 0.25) is 5.91 Å². The van der Waals surface area contributed by atoms with E-state index in [-0.39, 0.29) is 30.6 Å². The van der Waals surface area contributed by atoms with E-state index in [9.17, 15) is 22.4 Å². The van der Waals surface area contributed by atoms with E-state index in [1.807, 2.05) is 18.2 Å². The van der Waals surface area contributed by atoms with Crippen LogP contribution >= 0.6 is 0 Å². The van der Waals surface area contributed by atoms with E-state index in [0.717, 1.165) is 12.8 Å². The van der Waals surface area contributed by atoms with Crippen molar-refractivity contribution in [1.29, 1.82) is 0 Å². The highest BCUT2D eigenvalue weighted by atomic mass is 32.2. The first kappa shape index (κ1) is 26.6. The van der Waals surface area contributed by atoms with Crippen LogP contribution in [0.4, 0.5) is 15.8 Å². The number of aromatic nitrogens is 1. The van der Waals surface area contributed by atoms with Gasteiger partial charge in [-0.25, -0.2) is 12.8 Å². The summed E-state index contributed by atoms with van der Waals surface area (Å²) in [5, 5.41) is 6.41. The van der Waals surface area contributed by atoms with E-state index < -0.39 is 14.6 Å². The quantitative estimate of drug-likeness (QED) is 0.293. The number of benzene rings is 3. The Morgan fingerprint density at radius 3 is 2.28 bits per heavy atom. The zero-order chi connectivity index (χ0) is 27.6. The molecule has 0 aliphatic heterocycles. The highest BCUT2D eigenvalue weighted by molar-refractivity contribution is 7.92. The Bertz CT molecular complexity index is 1640. The van der Waals surface area contributed by atoms with Crippen LogP contribution in [0.3, 0.4) is 0 Å². The lowest BCUT2D eigenvalue weighted by Gasteiger charge is -2.26. The molecule has 7 nitrogen and oxygen atoms in total. The molecule has 1 fully saturated rings. The summed E-state index contributed by atoms with van der Waals surface area (Å²) in [6.45, 7) is 0.135. The zero-order valence-electron chi connectivity index (χ0n) is 21.6. The minimum atomic E-state index is -3.40. The Morgan fingerprint density at radius 2 is 1.59 bits per heavy atom. The number of carbonyl (C=O) groups is 2. The van der Waals surface area contributed by atoms with Crippen LogP contribution in [0, 0.1) is 5.82 Å². The molecule has 5 rings (SSSR count). The van der Waals surface area contributed by atoms with Gasteiger partial charge >= 0.3 is 0 Å². The van der Waals surface area contributed by atoms with Crippen molar-refractivity contribution in [2.75, 3.05) is 16.9 Å². The highest BCUT2D eigenvalue weighted by Gasteiger charge is 2.44. The second kappa shape index (κ2) is 10.6. The topological polar surface area (TPSA) is 97.3 Å². The molecule has 1 saturated carbocycles. The molecule has 0 atom stereocenters. The van der Waals surface area contributed by atoms with Gasteiger partial charge in [-0.1, -0.05) is 49.2 Å². The SMILES string of the molecule is CS(=O)(=O)C1(CC(=O)Nc2ccc3c(c2)cc(C(=O)Nc2ccccc2)n3Cc2ccccc2F)CCCC1. The van der Waals surface area contributed by atoms with Crippen molar-refractivity contribution >= 4 is 43.9 Å². The first-order chi connectivity index (χ1) is 18.6. The number of hydrogen-bond acceptors (Lipinski definition) is 4. The van der Waals surface area contributed by atoms with Gasteiger partial charge in [-0.2, -0.15) is 0 Å². The van der Waals surface area contributed by atoms with Gasteiger partial charge in [-0.05, 0) is 55.3 Å². The summed E-state index contributed by atoms with van der Waals surface area (Å²) in [5.74, 6) is -1.09. The van der Waals surface area contributed by atoms with Crippen LogP contribution in [-0.4, -0.2) is 35.8 Å². The van der Waals surface area contributed by atoms with Crippen molar-refractivity contribution in [3.8, 4) is 0 Å². The molecule has 4 aromatic rings. The molecule has 1 heterocycles. The first-order valence-electron chi connectivity index (χ1n) is 12.9. The highest BCUT2D eigenvalue weighted by Crippen LogP contribution is 2.39. The number of nitrogens with one attached hydrogen (secondary N) is 2. The standard InChI is InChI=1S/C30H30FN3O4S/c1-39(37,38)30(15-7-8-16-30)19-28(35)32-24-13-14-26-22(17-24)18-27(29(36)33-23-10-3-2-4-11-23)34(26)20-21-9-5-6-12-25(21)31/h2-6,9-14,17-18H,7-8,15-16,19-20H2,1H3,(H,32,35)(H,33,36). The minimum absolute atomic E-state index is 0.0943. The van der Waals surface area contributed by atoms with Gasteiger partial charge in [0.1, 0.15) is 11.5 Å². The van der Waals surface area contributed by atoms with E-state index >= 15 is 0 Å². The molecule has 202 valence electrons. The summed E-state index contributed by atoms with van der Waals surface area (Å²) in [6.07, 6.45) is 3.65. The maximum Gasteiger partial charge on any atom is 0.272 e. The molecule has 1 aromatic heterocycles. The van der Waals surface area contributed by atoms with Crippen molar-refractivity contribution in [3.63, 3.8) is 0 Å². The van der Waals surface area contributed by atoms with Gasteiger partial charge in [0.25, 0.3) is 5.91 Å². The lowest BCUT2D eigenvalue weighted by molar-refractivity contribution is -0.116. The second-order valence-electron chi connectivity index (χ2n) is 10.2. The fourth-order valence-electron chi connectivity index (χ4n) is 5.42. The summed E-state index contributed by atoms with van der Waals surface area (Å²) in [5.41, 5.74) is 2.58. The smallest absolute Gasteiger partial charge is 0.272 e. The van der Waals surface area contributed by atoms with Gasteiger partial charge in [-0.3, -0.25) is 9.59 Å². The van der Waals surface area contributed by atoms with E-state index in [2.05, 4.69) is 10.6 Å². The van der Waals surface area contributed by atoms with Crippen molar-refractivity contribution in [2.24, 2.45) is 0 Å². The fraction of sp³-hybridized carbons (Fsp3) is 0.267. The van der Waals surface area contributed by atoms with Crippen LogP contribution in [0.25, 0.3) is 10.9 Å².